The Kier molecular flexibility index (Phi) is 4.84. The topological polar surface area (TPSA) is 60.9 Å². The fraction of sp³-hybridized carbons (Fsp3) is 0.364. The van der Waals surface area contributed by atoms with Crippen LogP contribution in [-0.4, -0.2) is 52.9 Å². The van der Waals surface area contributed by atoms with Gasteiger partial charge in [-0.3, -0.25) is 9.59 Å². The Morgan fingerprint density at radius 1 is 0.963 bits per heavy atom. The molecule has 1 N–H and O–H groups in total. The van der Waals surface area contributed by atoms with Crippen LogP contribution in [0.3, 0.4) is 0 Å². The molecule has 0 spiro atoms. The lowest BCUT2D eigenvalue weighted by atomic mass is 9.97. The van der Waals surface area contributed by atoms with E-state index in [9.17, 15) is 14.7 Å². The molecule has 2 aliphatic rings. The summed E-state index contributed by atoms with van der Waals surface area (Å²) in [6, 6.07) is 14.8. The standard InChI is InChI=1S/C22H24N2O3/c25-19-6-3-5-18(14-19)22(27)24-12-10-23(11-13-24)21(26)15-17-9-8-16-4-1-2-7-20(16)17/h1-7,14,17,25H,8-13,15H2. The summed E-state index contributed by atoms with van der Waals surface area (Å²) < 4.78 is 0. The van der Waals surface area contributed by atoms with E-state index in [2.05, 4.69) is 18.2 Å². The molecule has 2 aromatic rings. The van der Waals surface area contributed by atoms with Gasteiger partial charge in [-0.25, -0.2) is 0 Å². The number of aryl methyl sites for hydroxylation is 1. The summed E-state index contributed by atoms with van der Waals surface area (Å²) in [5.41, 5.74) is 3.18. The molecule has 27 heavy (non-hydrogen) atoms. The highest BCUT2D eigenvalue weighted by Crippen LogP contribution is 2.35. The fourth-order valence-electron chi connectivity index (χ4n) is 4.18. The van der Waals surface area contributed by atoms with Crippen LogP contribution in [0.1, 0.15) is 40.2 Å². The highest BCUT2D eigenvalue weighted by Gasteiger charge is 2.29. The summed E-state index contributed by atoms with van der Waals surface area (Å²) in [5.74, 6) is 0.496. The zero-order chi connectivity index (χ0) is 18.8. The third-order valence-corrected chi connectivity index (χ3v) is 5.69. The van der Waals surface area contributed by atoms with Crippen LogP contribution in [0.5, 0.6) is 5.75 Å². The van der Waals surface area contributed by atoms with Crippen molar-refractivity contribution in [3.63, 3.8) is 0 Å². The number of rotatable bonds is 3. The second-order valence-electron chi connectivity index (χ2n) is 7.36. The second-order valence-corrected chi connectivity index (χ2v) is 7.36. The third-order valence-electron chi connectivity index (χ3n) is 5.69. The molecule has 4 rings (SSSR count). The van der Waals surface area contributed by atoms with Crippen molar-refractivity contribution < 1.29 is 14.7 Å². The smallest absolute Gasteiger partial charge is 0.254 e. The molecule has 1 aliphatic heterocycles. The molecule has 1 atom stereocenters. The van der Waals surface area contributed by atoms with E-state index in [1.807, 2.05) is 11.0 Å². The van der Waals surface area contributed by atoms with Gasteiger partial charge in [-0.2, -0.15) is 0 Å². The Hall–Kier alpha value is -2.82. The van der Waals surface area contributed by atoms with Crippen molar-refractivity contribution in [1.29, 1.82) is 0 Å². The van der Waals surface area contributed by atoms with Gasteiger partial charge < -0.3 is 14.9 Å². The predicted octanol–water partition coefficient (Wildman–Crippen LogP) is 2.80. The number of carbonyl (C=O) groups is 2. The van der Waals surface area contributed by atoms with Gasteiger partial charge in [0.2, 0.25) is 5.91 Å². The van der Waals surface area contributed by atoms with Crippen molar-refractivity contribution in [2.45, 2.75) is 25.2 Å². The molecule has 1 heterocycles. The monoisotopic (exact) mass is 364 g/mol. The molecule has 0 saturated carbocycles. The number of hydrogen-bond acceptors (Lipinski definition) is 3. The largest absolute Gasteiger partial charge is 0.508 e. The number of aromatic hydroxyl groups is 1. The van der Waals surface area contributed by atoms with Crippen LogP contribution in [0.4, 0.5) is 0 Å². The summed E-state index contributed by atoms with van der Waals surface area (Å²) in [4.78, 5) is 28.9. The fourth-order valence-corrected chi connectivity index (χ4v) is 4.18. The van der Waals surface area contributed by atoms with Crippen molar-refractivity contribution in [3.05, 3.63) is 65.2 Å². The maximum absolute atomic E-state index is 12.7. The van der Waals surface area contributed by atoms with E-state index >= 15 is 0 Å². The van der Waals surface area contributed by atoms with Crippen molar-refractivity contribution in [2.75, 3.05) is 26.2 Å². The van der Waals surface area contributed by atoms with Crippen molar-refractivity contribution >= 4 is 11.8 Å². The molecule has 1 aliphatic carbocycles. The van der Waals surface area contributed by atoms with Crippen LogP contribution in [0.2, 0.25) is 0 Å². The number of amides is 2. The summed E-state index contributed by atoms with van der Waals surface area (Å²) in [6.07, 6.45) is 2.65. The van der Waals surface area contributed by atoms with Crippen molar-refractivity contribution in [2.24, 2.45) is 0 Å². The Balaban J connectivity index is 1.33. The molecule has 5 nitrogen and oxygen atoms in total. The van der Waals surface area contributed by atoms with E-state index in [0.29, 0.717) is 44.1 Å². The zero-order valence-corrected chi connectivity index (χ0v) is 15.3. The lowest BCUT2D eigenvalue weighted by molar-refractivity contribution is -0.133. The summed E-state index contributed by atoms with van der Waals surface area (Å²) in [5, 5.41) is 9.56. The molecule has 2 aromatic carbocycles. The Morgan fingerprint density at radius 3 is 2.48 bits per heavy atom. The molecule has 0 radical (unpaired) electrons. The van der Waals surface area contributed by atoms with Crippen LogP contribution in [0, 0.1) is 0 Å². The second kappa shape index (κ2) is 7.43. The highest BCUT2D eigenvalue weighted by atomic mass is 16.3. The molecule has 1 saturated heterocycles. The molecule has 0 aromatic heterocycles. The lowest BCUT2D eigenvalue weighted by Gasteiger charge is -2.35. The van der Waals surface area contributed by atoms with Crippen LogP contribution >= 0.6 is 0 Å². The molecule has 5 heteroatoms. The van der Waals surface area contributed by atoms with Crippen molar-refractivity contribution in [1.82, 2.24) is 9.80 Å². The maximum Gasteiger partial charge on any atom is 0.254 e. The number of nitrogens with zero attached hydrogens (tertiary/aromatic N) is 2. The quantitative estimate of drug-likeness (QED) is 0.911. The highest BCUT2D eigenvalue weighted by molar-refractivity contribution is 5.94. The Bertz CT molecular complexity index is 856. The molecule has 140 valence electrons. The van der Waals surface area contributed by atoms with Gasteiger partial charge in [0.15, 0.2) is 0 Å². The van der Waals surface area contributed by atoms with Gasteiger partial charge in [0.1, 0.15) is 5.75 Å². The number of phenolic OH excluding ortho intramolecular Hbond substituents is 1. The van der Waals surface area contributed by atoms with E-state index < -0.39 is 0 Å². The van der Waals surface area contributed by atoms with Gasteiger partial charge in [0.05, 0.1) is 0 Å². The van der Waals surface area contributed by atoms with Gasteiger partial charge in [-0.15, -0.1) is 0 Å². The molecule has 1 fully saturated rings. The zero-order valence-electron chi connectivity index (χ0n) is 15.3. The third kappa shape index (κ3) is 3.68. The normalized spacial score (nSPS) is 19.0. The van der Waals surface area contributed by atoms with Crippen molar-refractivity contribution in [3.8, 4) is 5.75 Å². The van der Waals surface area contributed by atoms with E-state index in [4.69, 9.17) is 0 Å². The first-order valence-corrected chi connectivity index (χ1v) is 9.55. The average molecular weight is 364 g/mol. The molecular formula is C22H24N2O3. The minimum Gasteiger partial charge on any atom is -0.508 e. The van der Waals surface area contributed by atoms with Crippen LogP contribution in [0.25, 0.3) is 0 Å². The average Bonchev–Trinajstić information content (AvgIpc) is 3.10. The summed E-state index contributed by atoms with van der Waals surface area (Å²) in [7, 11) is 0. The van der Waals surface area contributed by atoms with Gasteiger partial charge in [0.25, 0.3) is 5.91 Å². The van der Waals surface area contributed by atoms with E-state index in [0.717, 1.165) is 12.8 Å². The molecule has 0 bridgehead atoms. The number of piperazine rings is 1. The minimum absolute atomic E-state index is 0.0894. The number of benzene rings is 2. The summed E-state index contributed by atoms with van der Waals surface area (Å²) in [6.45, 7) is 2.19. The minimum atomic E-state index is -0.0947. The predicted molar refractivity (Wildman–Crippen MR) is 103 cm³/mol. The first-order chi connectivity index (χ1) is 13.1. The van der Waals surface area contributed by atoms with Crippen LogP contribution < -0.4 is 0 Å². The maximum atomic E-state index is 12.7. The molecular weight excluding hydrogens is 340 g/mol. The van der Waals surface area contributed by atoms with E-state index in [1.54, 1.807) is 23.1 Å². The Labute approximate surface area is 159 Å². The number of hydrogen-bond donors (Lipinski definition) is 1. The van der Waals surface area contributed by atoms with E-state index in [1.165, 1.54) is 17.2 Å². The van der Waals surface area contributed by atoms with Crippen LogP contribution in [0.15, 0.2) is 48.5 Å². The number of phenols is 1. The SMILES string of the molecule is O=C(CC1CCc2ccccc21)N1CCN(C(=O)c2cccc(O)c2)CC1. The number of fused-ring (bicyclic) bond motifs is 1. The molecule has 2 amide bonds. The lowest BCUT2D eigenvalue weighted by Crippen LogP contribution is -2.50. The summed E-state index contributed by atoms with van der Waals surface area (Å²) >= 11 is 0. The Morgan fingerprint density at radius 2 is 1.70 bits per heavy atom. The first kappa shape index (κ1) is 17.6. The van der Waals surface area contributed by atoms with Gasteiger partial charge in [-0.05, 0) is 48.1 Å². The van der Waals surface area contributed by atoms with Crippen LogP contribution in [-0.2, 0) is 11.2 Å². The van der Waals surface area contributed by atoms with E-state index in [-0.39, 0.29) is 17.6 Å². The van der Waals surface area contributed by atoms with Gasteiger partial charge in [-0.1, -0.05) is 30.3 Å². The molecule has 1 unspecified atom stereocenters. The first-order valence-electron chi connectivity index (χ1n) is 9.55. The van der Waals surface area contributed by atoms with Gasteiger partial charge in [0, 0.05) is 38.2 Å². The van der Waals surface area contributed by atoms with Gasteiger partial charge >= 0.3 is 0 Å². The number of carbonyl (C=O) groups excluding carboxylic acids is 2.